The molecule has 2 N–H and O–H groups in total. The monoisotopic (exact) mass is 393 g/mol. The molecule has 5 heteroatoms. The van der Waals surface area contributed by atoms with Crippen LogP contribution >= 0.6 is 0 Å². The summed E-state index contributed by atoms with van der Waals surface area (Å²) in [5, 5.41) is 0.873. The molecule has 0 spiro atoms. The van der Waals surface area contributed by atoms with E-state index in [-0.39, 0.29) is 5.91 Å². The number of carbonyl (C=O) groups is 1. The maximum absolute atomic E-state index is 13.1. The number of pyridine rings is 1. The Hall–Kier alpha value is -2.92. The van der Waals surface area contributed by atoms with E-state index < -0.39 is 0 Å². The van der Waals surface area contributed by atoms with Crippen LogP contribution in [0.3, 0.4) is 0 Å². The van der Waals surface area contributed by atoms with Crippen LogP contribution in [-0.2, 0) is 4.74 Å². The number of hydrogen-bond acceptors (Lipinski definition) is 4. The quantitative estimate of drug-likeness (QED) is 0.622. The first-order chi connectivity index (χ1) is 14.2. The zero-order valence-electron chi connectivity index (χ0n) is 17.8. The molecule has 0 aliphatic carbocycles. The summed E-state index contributed by atoms with van der Waals surface area (Å²) in [4.78, 5) is 19.6. The van der Waals surface area contributed by atoms with E-state index in [0.717, 1.165) is 22.2 Å². The van der Waals surface area contributed by atoms with Crippen molar-refractivity contribution >= 4 is 22.5 Å². The minimum atomic E-state index is 0.0265. The molecule has 2 aromatic carbocycles. The van der Waals surface area contributed by atoms with Crippen LogP contribution in [0.5, 0.6) is 0 Å². The maximum atomic E-state index is 13.1. The van der Waals surface area contributed by atoms with Gasteiger partial charge >= 0.3 is 0 Å². The average molecular weight is 394 g/mol. The average Bonchev–Trinajstić information content (AvgIpc) is 2.81. The molecule has 1 aliphatic heterocycles. The molecule has 0 saturated carbocycles. The third-order valence-corrected chi connectivity index (χ3v) is 4.45. The van der Waals surface area contributed by atoms with Gasteiger partial charge in [0.1, 0.15) is 0 Å². The molecule has 5 nitrogen and oxygen atoms in total. The zero-order chi connectivity index (χ0) is 21.2. The van der Waals surface area contributed by atoms with Gasteiger partial charge in [0.25, 0.3) is 5.91 Å². The Bertz CT molecular complexity index is 917. The Morgan fingerprint density at radius 1 is 0.966 bits per heavy atom. The SMILES string of the molecule is CC.CC.Nc1ccc(-c2cc(C(=O)N3CCOCC3)c3ccccc3n2)cc1. The van der Waals surface area contributed by atoms with Crippen molar-refractivity contribution in [2.24, 2.45) is 0 Å². The molecule has 29 heavy (non-hydrogen) atoms. The number of anilines is 1. The van der Waals surface area contributed by atoms with Gasteiger partial charge in [0, 0.05) is 29.7 Å². The van der Waals surface area contributed by atoms with Crippen molar-refractivity contribution in [2.75, 3.05) is 32.0 Å². The van der Waals surface area contributed by atoms with Crippen LogP contribution in [0.2, 0.25) is 0 Å². The smallest absolute Gasteiger partial charge is 0.254 e. The van der Waals surface area contributed by atoms with E-state index in [9.17, 15) is 4.79 Å². The van der Waals surface area contributed by atoms with Crippen molar-refractivity contribution < 1.29 is 9.53 Å². The van der Waals surface area contributed by atoms with E-state index in [1.54, 1.807) is 0 Å². The number of fused-ring (bicyclic) bond motifs is 1. The number of morpholine rings is 1. The number of nitrogens with two attached hydrogens (primary N) is 1. The first-order valence-electron chi connectivity index (χ1n) is 10.3. The molecule has 1 fully saturated rings. The Morgan fingerprint density at radius 2 is 1.59 bits per heavy atom. The van der Waals surface area contributed by atoms with Gasteiger partial charge in [-0.1, -0.05) is 58.0 Å². The Labute approximate surface area is 173 Å². The van der Waals surface area contributed by atoms with Crippen LogP contribution in [0, 0.1) is 0 Å². The Morgan fingerprint density at radius 3 is 2.24 bits per heavy atom. The van der Waals surface area contributed by atoms with Crippen LogP contribution in [-0.4, -0.2) is 42.1 Å². The van der Waals surface area contributed by atoms with E-state index in [1.165, 1.54) is 0 Å². The molecular weight excluding hydrogens is 362 g/mol. The number of carbonyl (C=O) groups excluding carboxylic acids is 1. The predicted molar refractivity (Wildman–Crippen MR) is 121 cm³/mol. The van der Waals surface area contributed by atoms with Gasteiger partial charge in [0.05, 0.1) is 30.0 Å². The van der Waals surface area contributed by atoms with E-state index >= 15 is 0 Å². The zero-order valence-corrected chi connectivity index (χ0v) is 17.8. The molecule has 1 aromatic heterocycles. The fourth-order valence-electron chi connectivity index (χ4n) is 3.09. The van der Waals surface area contributed by atoms with Crippen LogP contribution < -0.4 is 5.73 Å². The summed E-state index contributed by atoms with van der Waals surface area (Å²) in [6, 6.07) is 17.2. The first kappa shape index (κ1) is 22.4. The van der Waals surface area contributed by atoms with Crippen molar-refractivity contribution in [3.8, 4) is 11.3 Å². The molecule has 0 radical (unpaired) electrons. The van der Waals surface area contributed by atoms with Crippen molar-refractivity contribution in [1.82, 2.24) is 9.88 Å². The fourth-order valence-corrected chi connectivity index (χ4v) is 3.09. The Balaban J connectivity index is 0.000000707. The first-order valence-corrected chi connectivity index (χ1v) is 10.3. The number of amides is 1. The molecule has 2 heterocycles. The van der Waals surface area contributed by atoms with Gasteiger partial charge in [0.2, 0.25) is 0 Å². The van der Waals surface area contributed by atoms with Crippen LogP contribution in [0.25, 0.3) is 22.2 Å². The number of hydrogen-bond donors (Lipinski definition) is 1. The molecular formula is C24H31N3O2. The highest BCUT2D eigenvalue weighted by Gasteiger charge is 2.21. The highest BCUT2D eigenvalue weighted by atomic mass is 16.5. The van der Waals surface area contributed by atoms with Gasteiger partial charge in [-0.05, 0) is 24.3 Å². The number of rotatable bonds is 2. The van der Waals surface area contributed by atoms with E-state index in [2.05, 4.69) is 0 Å². The highest BCUT2D eigenvalue weighted by Crippen LogP contribution is 2.26. The largest absolute Gasteiger partial charge is 0.399 e. The third-order valence-electron chi connectivity index (χ3n) is 4.45. The lowest BCUT2D eigenvalue weighted by Gasteiger charge is -2.27. The topological polar surface area (TPSA) is 68.5 Å². The van der Waals surface area contributed by atoms with Gasteiger partial charge in [0.15, 0.2) is 0 Å². The van der Waals surface area contributed by atoms with E-state index in [0.29, 0.717) is 37.6 Å². The lowest BCUT2D eigenvalue weighted by Crippen LogP contribution is -2.40. The number of para-hydroxylation sites is 1. The standard InChI is InChI=1S/C20H19N3O2.2C2H6/c21-15-7-5-14(6-8-15)19-13-17(16-3-1-2-4-18(16)22-19)20(24)23-9-11-25-12-10-23;2*1-2/h1-8,13H,9-12,21H2;2*1-2H3. The highest BCUT2D eigenvalue weighted by molar-refractivity contribution is 6.07. The summed E-state index contributed by atoms with van der Waals surface area (Å²) in [6.45, 7) is 10.4. The lowest BCUT2D eigenvalue weighted by molar-refractivity contribution is 0.0304. The predicted octanol–water partition coefficient (Wildman–Crippen LogP) is 5.01. The summed E-state index contributed by atoms with van der Waals surface area (Å²) in [5.41, 5.74) is 9.69. The molecule has 1 amide bonds. The molecule has 1 saturated heterocycles. The minimum Gasteiger partial charge on any atom is -0.399 e. The molecule has 0 atom stereocenters. The number of benzene rings is 2. The number of ether oxygens (including phenoxy) is 1. The second kappa shape index (κ2) is 11.2. The molecule has 1 aliphatic rings. The van der Waals surface area contributed by atoms with E-state index in [4.69, 9.17) is 15.5 Å². The van der Waals surface area contributed by atoms with E-state index in [1.807, 2.05) is 87.2 Å². The molecule has 0 unspecified atom stereocenters. The second-order valence-electron chi connectivity index (χ2n) is 6.10. The summed E-state index contributed by atoms with van der Waals surface area (Å²) < 4.78 is 5.36. The molecule has 3 aromatic rings. The fraction of sp³-hybridized carbons (Fsp3) is 0.333. The number of nitrogens with zero attached hydrogens (tertiary/aromatic N) is 2. The summed E-state index contributed by atoms with van der Waals surface area (Å²) >= 11 is 0. The molecule has 154 valence electrons. The normalized spacial score (nSPS) is 13.0. The third kappa shape index (κ3) is 5.33. The second-order valence-corrected chi connectivity index (χ2v) is 6.10. The lowest BCUT2D eigenvalue weighted by atomic mass is 10.0. The Kier molecular flexibility index (Phi) is 8.62. The molecule has 4 rings (SSSR count). The van der Waals surface area contributed by atoms with Crippen molar-refractivity contribution in [3.05, 3.63) is 60.2 Å². The van der Waals surface area contributed by atoms with Gasteiger partial charge in [-0.3, -0.25) is 4.79 Å². The maximum Gasteiger partial charge on any atom is 0.254 e. The minimum absolute atomic E-state index is 0.0265. The van der Waals surface area contributed by atoms with Crippen molar-refractivity contribution in [3.63, 3.8) is 0 Å². The molecule has 0 bridgehead atoms. The van der Waals surface area contributed by atoms with Crippen LogP contribution in [0.15, 0.2) is 54.6 Å². The van der Waals surface area contributed by atoms with Gasteiger partial charge in [-0.15, -0.1) is 0 Å². The number of nitrogen functional groups attached to an aromatic ring is 1. The number of aromatic nitrogens is 1. The summed E-state index contributed by atoms with van der Waals surface area (Å²) in [7, 11) is 0. The van der Waals surface area contributed by atoms with Crippen LogP contribution in [0.4, 0.5) is 5.69 Å². The van der Waals surface area contributed by atoms with Crippen molar-refractivity contribution in [2.45, 2.75) is 27.7 Å². The van der Waals surface area contributed by atoms with Gasteiger partial charge in [-0.25, -0.2) is 4.98 Å². The van der Waals surface area contributed by atoms with Gasteiger partial charge in [-0.2, -0.15) is 0 Å². The summed E-state index contributed by atoms with van der Waals surface area (Å²) in [5.74, 6) is 0.0265. The summed E-state index contributed by atoms with van der Waals surface area (Å²) in [6.07, 6.45) is 0. The van der Waals surface area contributed by atoms with Gasteiger partial charge < -0.3 is 15.4 Å². The van der Waals surface area contributed by atoms with Crippen LogP contribution in [0.1, 0.15) is 38.1 Å². The van der Waals surface area contributed by atoms with Crippen molar-refractivity contribution in [1.29, 1.82) is 0 Å².